The number of rotatable bonds is 7. The van der Waals surface area contributed by atoms with Gasteiger partial charge >= 0.3 is 0 Å². The first-order chi connectivity index (χ1) is 8.76. The molecule has 0 amide bonds. The molecule has 0 aliphatic heterocycles. The van der Waals surface area contributed by atoms with Crippen LogP contribution in [-0.4, -0.2) is 31.1 Å². The Morgan fingerprint density at radius 3 is 2.67 bits per heavy atom. The number of halogens is 1. The predicted molar refractivity (Wildman–Crippen MR) is 78.1 cm³/mol. The summed E-state index contributed by atoms with van der Waals surface area (Å²) in [6.07, 6.45) is 3.87. The van der Waals surface area contributed by atoms with Gasteiger partial charge in [-0.2, -0.15) is 0 Å². The first-order valence-electron chi connectivity index (χ1n) is 6.92. The quantitative estimate of drug-likeness (QED) is 0.813. The fraction of sp³-hybridized carbons (Fsp3) is 0.600. The van der Waals surface area contributed by atoms with Crippen molar-refractivity contribution >= 4 is 11.6 Å². The van der Waals surface area contributed by atoms with Crippen LogP contribution in [0.1, 0.15) is 37.8 Å². The summed E-state index contributed by atoms with van der Waals surface area (Å²) in [5.41, 5.74) is 1.22. The minimum absolute atomic E-state index is 0.353. The highest BCUT2D eigenvalue weighted by Crippen LogP contribution is 2.29. The standard InChI is InChI=1S/C15H23ClN2/c1-3-18(12-8-9-12)11-10-15(17-2)13-6-4-5-7-14(13)16/h4-7,12,15,17H,3,8-11H2,1-2H3. The Kier molecular flexibility index (Phi) is 5.04. The van der Waals surface area contributed by atoms with Gasteiger partial charge in [-0.05, 0) is 44.5 Å². The predicted octanol–water partition coefficient (Wildman–Crippen LogP) is 3.47. The number of nitrogens with zero attached hydrogens (tertiary/aromatic N) is 1. The maximum Gasteiger partial charge on any atom is 0.0453 e. The van der Waals surface area contributed by atoms with Crippen LogP contribution in [0.2, 0.25) is 5.02 Å². The van der Waals surface area contributed by atoms with E-state index < -0.39 is 0 Å². The maximum atomic E-state index is 6.27. The van der Waals surface area contributed by atoms with E-state index in [2.05, 4.69) is 29.3 Å². The zero-order chi connectivity index (χ0) is 13.0. The average Bonchev–Trinajstić information content (AvgIpc) is 3.21. The summed E-state index contributed by atoms with van der Waals surface area (Å²) in [6, 6.07) is 9.34. The fourth-order valence-electron chi connectivity index (χ4n) is 2.55. The van der Waals surface area contributed by atoms with Crippen molar-refractivity contribution in [3.05, 3.63) is 34.9 Å². The van der Waals surface area contributed by atoms with Crippen molar-refractivity contribution in [3.63, 3.8) is 0 Å². The van der Waals surface area contributed by atoms with Crippen LogP contribution in [0.25, 0.3) is 0 Å². The smallest absolute Gasteiger partial charge is 0.0453 e. The summed E-state index contributed by atoms with van der Waals surface area (Å²) in [7, 11) is 2.02. The van der Waals surface area contributed by atoms with Crippen LogP contribution in [0.15, 0.2) is 24.3 Å². The Bertz CT molecular complexity index is 377. The van der Waals surface area contributed by atoms with E-state index in [1.807, 2.05) is 19.2 Å². The molecule has 0 radical (unpaired) electrons. The van der Waals surface area contributed by atoms with Crippen LogP contribution >= 0.6 is 11.6 Å². The van der Waals surface area contributed by atoms with Crippen molar-refractivity contribution in [1.29, 1.82) is 0 Å². The number of nitrogens with one attached hydrogen (secondary N) is 1. The molecule has 1 fully saturated rings. The topological polar surface area (TPSA) is 15.3 Å². The van der Waals surface area contributed by atoms with Gasteiger partial charge in [0.2, 0.25) is 0 Å². The van der Waals surface area contributed by atoms with Gasteiger partial charge in [-0.3, -0.25) is 0 Å². The van der Waals surface area contributed by atoms with Crippen molar-refractivity contribution in [2.24, 2.45) is 0 Å². The third-order valence-corrected chi connectivity index (χ3v) is 4.15. The average molecular weight is 267 g/mol. The first kappa shape index (κ1) is 13.9. The van der Waals surface area contributed by atoms with Crippen molar-refractivity contribution in [1.82, 2.24) is 10.2 Å². The van der Waals surface area contributed by atoms with Crippen LogP contribution in [0.4, 0.5) is 0 Å². The van der Waals surface area contributed by atoms with Crippen LogP contribution < -0.4 is 5.32 Å². The normalized spacial score (nSPS) is 17.1. The van der Waals surface area contributed by atoms with Gasteiger partial charge in [0.15, 0.2) is 0 Å². The van der Waals surface area contributed by atoms with E-state index in [0.29, 0.717) is 6.04 Å². The Morgan fingerprint density at radius 1 is 1.39 bits per heavy atom. The van der Waals surface area contributed by atoms with Crippen molar-refractivity contribution < 1.29 is 0 Å². The molecule has 0 heterocycles. The summed E-state index contributed by atoms with van der Waals surface area (Å²) in [4.78, 5) is 2.58. The zero-order valence-electron chi connectivity index (χ0n) is 11.3. The third kappa shape index (κ3) is 3.47. The maximum absolute atomic E-state index is 6.27. The highest BCUT2D eigenvalue weighted by Gasteiger charge is 2.28. The monoisotopic (exact) mass is 266 g/mol. The van der Waals surface area contributed by atoms with Crippen LogP contribution in [-0.2, 0) is 0 Å². The molecule has 1 atom stereocenters. The van der Waals surface area contributed by atoms with E-state index in [0.717, 1.165) is 30.6 Å². The van der Waals surface area contributed by atoms with Gasteiger partial charge in [-0.1, -0.05) is 36.7 Å². The Morgan fingerprint density at radius 2 is 2.11 bits per heavy atom. The molecule has 1 unspecified atom stereocenters. The second-order valence-electron chi connectivity index (χ2n) is 5.01. The molecule has 100 valence electrons. The summed E-state index contributed by atoms with van der Waals surface area (Å²) < 4.78 is 0. The first-order valence-corrected chi connectivity index (χ1v) is 7.29. The van der Waals surface area contributed by atoms with Gasteiger partial charge in [-0.15, -0.1) is 0 Å². The lowest BCUT2D eigenvalue weighted by molar-refractivity contribution is 0.261. The van der Waals surface area contributed by atoms with E-state index in [9.17, 15) is 0 Å². The molecular weight excluding hydrogens is 244 g/mol. The molecule has 3 heteroatoms. The molecule has 1 saturated carbocycles. The number of hydrogen-bond donors (Lipinski definition) is 1. The van der Waals surface area contributed by atoms with Crippen LogP contribution in [0.3, 0.4) is 0 Å². The SMILES string of the molecule is CCN(CCC(NC)c1ccccc1Cl)C1CC1. The van der Waals surface area contributed by atoms with Crippen molar-refractivity contribution in [2.75, 3.05) is 20.1 Å². The lowest BCUT2D eigenvalue weighted by Crippen LogP contribution is -2.30. The molecule has 1 aliphatic carbocycles. The Labute approximate surface area is 115 Å². The third-order valence-electron chi connectivity index (χ3n) is 3.80. The van der Waals surface area contributed by atoms with Gasteiger partial charge in [0.25, 0.3) is 0 Å². The van der Waals surface area contributed by atoms with E-state index in [1.165, 1.54) is 18.4 Å². The molecule has 0 spiro atoms. The molecule has 2 nitrogen and oxygen atoms in total. The van der Waals surface area contributed by atoms with Gasteiger partial charge in [-0.25, -0.2) is 0 Å². The van der Waals surface area contributed by atoms with Gasteiger partial charge in [0.05, 0.1) is 0 Å². The summed E-state index contributed by atoms with van der Waals surface area (Å²) in [5, 5.41) is 4.25. The van der Waals surface area contributed by atoms with Gasteiger partial charge in [0, 0.05) is 23.7 Å². The number of benzene rings is 1. The highest BCUT2D eigenvalue weighted by atomic mass is 35.5. The Balaban J connectivity index is 1.94. The molecular formula is C15H23ClN2. The van der Waals surface area contributed by atoms with Crippen molar-refractivity contribution in [3.8, 4) is 0 Å². The van der Waals surface area contributed by atoms with Gasteiger partial charge < -0.3 is 10.2 Å². The molecule has 0 saturated heterocycles. The molecule has 1 aromatic rings. The Hall–Kier alpha value is -0.570. The lowest BCUT2D eigenvalue weighted by Gasteiger charge is -2.24. The minimum atomic E-state index is 0.353. The summed E-state index contributed by atoms with van der Waals surface area (Å²) in [6.45, 7) is 4.56. The minimum Gasteiger partial charge on any atom is -0.313 e. The summed E-state index contributed by atoms with van der Waals surface area (Å²) >= 11 is 6.27. The van der Waals surface area contributed by atoms with E-state index in [1.54, 1.807) is 0 Å². The largest absolute Gasteiger partial charge is 0.313 e. The van der Waals surface area contributed by atoms with E-state index in [-0.39, 0.29) is 0 Å². The lowest BCUT2D eigenvalue weighted by atomic mass is 10.0. The van der Waals surface area contributed by atoms with Crippen LogP contribution in [0.5, 0.6) is 0 Å². The molecule has 1 N–H and O–H groups in total. The fourth-order valence-corrected chi connectivity index (χ4v) is 2.81. The number of hydrogen-bond acceptors (Lipinski definition) is 2. The van der Waals surface area contributed by atoms with Crippen molar-refractivity contribution in [2.45, 2.75) is 38.3 Å². The highest BCUT2D eigenvalue weighted by molar-refractivity contribution is 6.31. The zero-order valence-corrected chi connectivity index (χ0v) is 12.1. The molecule has 1 aromatic carbocycles. The van der Waals surface area contributed by atoms with Crippen LogP contribution in [0, 0.1) is 0 Å². The molecule has 0 aromatic heterocycles. The molecule has 0 bridgehead atoms. The molecule has 1 aliphatic rings. The molecule has 2 rings (SSSR count). The van der Waals surface area contributed by atoms with Gasteiger partial charge in [0.1, 0.15) is 0 Å². The van der Waals surface area contributed by atoms with E-state index in [4.69, 9.17) is 11.6 Å². The summed E-state index contributed by atoms with van der Waals surface area (Å²) in [5.74, 6) is 0. The second-order valence-corrected chi connectivity index (χ2v) is 5.42. The van der Waals surface area contributed by atoms with E-state index >= 15 is 0 Å². The second kappa shape index (κ2) is 6.55. The molecule has 18 heavy (non-hydrogen) atoms.